The van der Waals surface area contributed by atoms with Crippen molar-refractivity contribution >= 4 is 45.7 Å². The Morgan fingerprint density at radius 1 is 1.45 bits per heavy atom. The molecule has 9 nitrogen and oxygen atoms in total. The number of thiophene rings is 1. The number of nitriles is 1. The molecule has 0 aliphatic carbocycles. The highest BCUT2D eigenvalue weighted by molar-refractivity contribution is 7.18. The van der Waals surface area contributed by atoms with Crippen LogP contribution in [0.25, 0.3) is 11.3 Å². The Balaban J connectivity index is 1.73. The van der Waals surface area contributed by atoms with E-state index in [9.17, 15) is 14.9 Å². The molecule has 2 heterocycles. The number of nitro benzene ring substituents is 1. The molecule has 2 aromatic heterocycles. The molecule has 0 saturated carbocycles. The topological polar surface area (TPSA) is 148 Å². The van der Waals surface area contributed by atoms with Crippen LogP contribution in [0, 0.1) is 28.4 Å². The Hall–Kier alpha value is -3.68. The second-order valence-corrected chi connectivity index (χ2v) is 7.19. The van der Waals surface area contributed by atoms with Gasteiger partial charge in [-0.2, -0.15) is 10.4 Å². The molecular weight excluding hydrogens is 418 g/mol. The number of anilines is 1. The average molecular weight is 430 g/mol. The summed E-state index contributed by atoms with van der Waals surface area (Å²) in [5.74, 6) is 0.188. The summed E-state index contributed by atoms with van der Waals surface area (Å²) in [5, 5.41) is 24.2. The lowest BCUT2D eigenvalue weighted by Crippen LogP contribution is -2.17. The molecule has 0 fully saturated rings. The van der Waals surface area contributed by atoms with E-state index in [-0.39, 0.29) is 21.3 Å². The van der Waals surface area contributed by atoms with Crippen molar-refractivity contribution < 1.29 is 14.1 Å². The fraction of sp³-hybridized carbons (Fsp3) is 0.0556. The molecule has 0 bridgehead atoms. The first-order chi connectivity index (χ1) is 13.8. The van der Waals surface area contributed by atoms with E-state index in [1.807, 2.05) is 6.07 Å². The maximum Gasteiger partial charge on any atom is 0.288 e. The highest BCUT2D eigenvalue weighted by Gasteiger charge is 2.18. The number of carbonyl (C=O) groups excluding carboxylic acids is 1. The summed E-state index contributed by atoms with van der Waals surface area (Å²) < 4.78 is 5.57. The molecule has 11 heteroatoms. The summed E-state index contributed by atoms with van der Waals surface area (Å²) in [6.07, 6.45) is 1.28. The normalized spacial score (nSPS) is 10.8. The van der Waals surface area contributed by atoms with Crippen molar-refractivity contribution in [2.75, 3.05) is 5.73 Å². The maximum atomic E-state index is 12.2. The van der Waals surface area contributed by atoms with Crippen LogP contribution in [0.4, 0.5) is 10.7 Å². The largest absolute Gasteiger partial charge is 0.455 e. The Morgan fingerprint density at radius 2 is 2.21 bits per heavy atom. The lowest BCUT2D eigenvalue weighted by Gasteiger charge is -1.99. The summed E-state index contributed by atoms with van der Waals surface area (Å²) in [4.78, 5) is 22.9. The van der Waals surface area contributed by atoms with Crippen LogP contribution in [-0.2, 0) is 0 Å². The minimum atomic E-state index is -0.580. The maximum absolute atomic E-state index is 12.2. The number of hydrogen-bond acceptors (Lipinski definition) is 8. The van der Waals surface area contributed by atoms with E-state index in [4.69, 9.17) is 27.0 Å². The molecule has 3 N–H and O–H groups in total. The molecule has 0 aliphatic heterocycles. The van der Waals surface area contributed by atoms with Gasteiger partial charge in [0.1, 0.15) is 32.5 Å². The minimum Gasteiger partial charge on any atom is -0.455 e. The summed E-state index contributed by atoms with van der Waals surface area (Å²) in [7, 11) is 0. The number of nitrogens with zero attached hydrogens (tertiary/aromatic N) is 3. The number of carbonyl (C=O) groups is 1. The fourth-order valence-electron chi connectivity index (χ4n) is 2.48. The first-order valence-electron chi connectivity index (χ1n) is 7.98. The van der Waals surface area contributed by atoms with Gasteiger partial charge in [0.15, 0.2) is 0 Å². The standard InChI is InChI=1S/C18H12ClN5O4S/c1-9-12(7-20)17(21)29-16(9)18(25)23-22-8-11-3-5-15(28-11)10-2-4-13(19)14(6-10)24(26)27/h2-6,8H,21H2,1H3,(H,23,25). The lowest BCUT2D eigenvalue weighted by molar-refractivity contribution is -0.384. The third-order valence-electron chi connectivity index (χ3n) is 3.90. The highest BCUT2D eigenvalue weighted by atomic mass is 35.5. The van der Waals surface area contributed by atoms with Gasteiger partial charge in [-0.3, -0.25) is 14.9 Å². The summed E-state index contributed by atoms with van der Waals surface area (Å²) in [6, 6.07) is 9.47. The van der Waals surface area contributed by atoms with Gasteiger partial charge in [-0.1, -0.05) is 11.6 Å². The molecule has 146 valence electrons. The smallest absolute Gasteiger partial charge is 0.288 e. The van der Waals surface area contributed by atoms with Crippen LogP contribution in [0.3, 0.4) is 0 Å². The first-order valence-corrected chi connectivity index (χ1v) is 9.17. The van der Waals surface area contributed by atoms with E-state index in [0.717, 1.165) is 11.3 Å². The molecule has 29 heavy (non-hydrogen) atoms. The zero-order valence-corrected chi connectivity index (χ0v) is 16.4. The Labute approximate surface area is 173 Å². The molecule has 3 aromatic rings. The van der Waals surface area contributed by atoms with Crippen LogP contribution in [0.5, 0.6) is 0 Å². The van der Waals surface area contributed by atoms with E-state index >= 15 is 0 Å². The second-order valence-electron chi connectivity index (χ2n) is 5.73. The van der Waals surface area contributed by atoms with Gasteiger partial charge in [-0.25, -0.2) is 5.43 Å². The molecule has 1 amide bonds. The lowest BCUT2D eigenvalue weighted by atomic mass is 10.1. The van der Waals surface area contributed by atoms with E-state index in [2.05, 4.69) is 10.5 Å². The third kappa shape index (κ3) is 4.11. The van der Waals surface area contributed by atoms with E-state index < -0.39 is 10.8 Å². The number of amides is 1. The van der Waals surface area contributed by atoms with Gasteiger partial charge >= 0.3 is 0 Å². The molecule has 1 aromatic carbocycles. The van der Waals surface area contributed by atoms with Crippen molar-refractivity contribution in [3.8, 4) is 17.4 Å². The van der Waals surface area contributed by atoms with Crippen LogP contribution in [-0.4, -0.2) is 17.0 Å². The van der Waals surface area contributed by atoms with Crippen LogP contribution >= 0.6 is 22.9 Å². The van der Waals surface area contributed by atoms with E-state index in [1.54, 1.807) is 25.1 Å². The van der Waals surface area contributed by atoms with Gasteiger partial charge in [-0.05, 0) is 36.8 Å². The Morgan fingerprint density at radius 3 is 2.86 bits per heavy atom. The summed E-state index contributed by atoms with van der Waals surface area (Å²) >= 11 is 6.81. The van der Waals surface area contributed by atoms with Crippen molar-refractivity contribution in [1.29, 1.82) is 5.26 Å². The second kappa shape index (κ2) is 8.14. The molecule has 0 unspecified atom stereocenters. The number of nitrogens with two attached hydrogens (primary N) is 1. The number of halogens is 1. The van der Waals surface area contributed by atoms with Gasteiger partial charge < -0.3 is 10.2 Å². The highest BCUT2D eigenvalue weighted by Crippen LogP contribution is 2.31. The van der Waals surface area contributed by atoms with Gasteiger partial charge in [0.2, 0.25) is 0 Å². The number of furan rings is 1. The number of nitro groups is 1. The SMILES string of the molecule is Cc1c(C(=O)NN=Cc2ccc(-c3ccc(Cl)c([N+](=O)[O-])c3)o2)sc(N)c1C#N. The fourth-order valence-corrected chi connectivity index (χ4v) is 3.58. The number of nitrogen functional groups attached to an aromatic ring is 1. The molecule has 0 saturated heterocycles. The van der Waals surface area contributed by atoms with E-state index in [1.165, 1.54) is 18.3 Å². The predicted octanol–water partition coefficient (Wildman–Crippen LogP) is 4.10. The van der Waals surface area contributed by atoms with E-state index in [0.29, 0.717) is 27.5 Å². The Kier molecular flexibility index (Phi) is 5.63. The molecule has 0 aliphatic rings. The zero-order chi connectivity index (χ0) is 21.1. The number of hydrogen-bond donors (Lipinski definition) is 2. The van der Waals surface area contributed by atoms with Crippen molar-refractivity contribution in [2.24, 2.45) is 5.10 Å². The quantitative estimate of drug-likeness (QED) is 0.354. The van der Waals surface area contributed by atoms with Crippen LogP contribution in [0.1, 0.15) is 26.6 Å². The van der Waals surface area contributed by atoms with Gasteiger partial charge in [-0.15, -0.1) is 11.3 Å². The zero-order valence-electron chi connectivity index (χ0n) is 14.8. The summed E-state index contributed by atoms with van der Waals surface area (Å²) in [5.41, 5.74) is 9.07. The van der Waals surface area contributed by atoms with Crippen LogP contribution in [0.2, 0.25) is 5.02 Å². The minimum absolute atomic E-state index is 0.0267. The van der Waals surface area contributed by atoms with Crippen molar-refractivity contribution in [3.05, 3.63) is 67.2 Å². The number of benzene rings is 1. The number of hydrazone groups is 1. The molecule has 0 spiro atoms. The monoisotopic (exact) mass is 429 g/mol. The number of rotatable bonds is 5. The first kappa shape index (κ1) is 20.1. The molecular formula is C18H12ClN5O4S. The third-order valence-corrected chi connectivity index (χ3v) is 5.34. The van der Waals surface area contributed by atoms with Crippen molar-refractivity contribution in [1.82, 2.24) is 5.43 Å². The van der Waals surface area contributed by atoms with Crippen molar-refractivity contribution in [3.63, 3.8) is 0 Å². The van der Waals surface area contributed by atoms with Crippen LogP contribution < -0.4 is 11.2 Å². The van der Waals surface area contributed by atoms with Gasteiger partial charge in [0.05, 0.1) is 16.7 Å². The molecule has 3 rings (SSSR count). The average Bonchev–Trinajstić information content (AvgIpc) is 3.26. The van der Waals surface area contributed by atoms with Crippen molar-refractivity contribution in [2.45, 2.75) is 6.92 Å². The van der Waals surface area contributed by atoms with Gasteiger partial charge in [0.25, 0.3) is 11.6 Å². The Bertz CT molecular complexity index is 1190. The molecule has 0 atom stereocenters. The summed E-state index contributed by atoms with van der Waals surface area (Å²) in [6.45, 7) is 1.63. The van der Waals surface area contributed by atoms with Gasteiger partial charge in [0, 0.05) is 11.6 Å². The van der Waals surface area contributed by atoms with Crippen LogP contribution in [0.15, 0.2) is 39.9 Å². The predicted molar refractivity (Wildman–Crippen MR) is 109 cm³/mol. The number of nitrogens with one attached hydrogen (secondary N) is 1. The molecule has 0 radical (unpaired) electrons.